The Morgan fingerprint density at radius 3 is 2.16 bits per heavy atom. The van der Waals surface area contributed by atoms with Gasteiger partial charge in [-0.3, -0.25) is 14.4 Å². The zero-order chi connectivity index (χ0) is 23.4. The molecule has 0 aliphatic carbocycles. The first-order valence-corrected chi connectivity index (χ1v) is 9.45. The summed E-state index contributed by atoms with van der Waals surface area (Å²) in [6.45, 7) is -0.283. The van der Waals surface area contributed by atoms with Crippen molar-refractivity contribution in [1.82, 2.24) is 21.3 Å². The highest BCUT2D eigenvalue weighted by Crippen LogP contribution is 2.14. The minimum absolute atomic E-state index is 0.0359. The molecule has 2 atom stereocenters. The molecule has 1 aromatic rings. The van der Waals surface area contributed by atoms with E-state index in [4.69, 9.17) is 5.11 Å². The van der Waals surface area contributed by atoms with Crippen LogP contribution in [0, 0.1) is 0 Å². The molecule has 1 rings (SSSR count). The Morgan fingerprint density at radius 1 is 0.968 bits per heavy atom. The fourth-order valence-corrected chi connectivity index (χ4v) is 2.70. The Morgan fingerprint density at radius 2 is 1.61 bits per heavy atom. The molecule has 9 nitrogen and oxygen atoms in total. The third-order valence-electron chi connectivity index (χ3n) is 4.24. The van der Waals surface area contributed by atoms with Crippen LogP contribution >= 0.6 is 0 Å². The molecule has 0 spiro atoms. The molecule has 12 heteroatoms. The minimum atomic E-state index is -4.99. The average molecular weight is 446 g/mol. The van der Waals surface area contributed by atoms with Crippen LogP contribution < -0.4 is 21.3 Å². The number of benzene rings is 1. The van der Waals surface area contributed by atoms with Crippen molar-refractivity contribution < 1.29 is 37.5 Å². The maximum atomic E-state index is 12.6. The van der Waals surface area contributed by atoms with Crippen LogP contribution in [-0.4, -0.2) is 60.8 Å². The first-order chi connectivity index (χ1) is 14.5. The lowest BCUT2D eigenvalue weighted by Gasteiger charge is -2.22. The summed E-state index contributed by atoms with van der Waals surface area (Å²) in [7, 11) is 1.40. The number of carbonyl (C=O) groups is 4. The number of nitrogens with one attached hydrogen (secondary N) is 4. The van der Waals surface area contributed by atoms with Gasteiger partial charge in [-0.2, -0.15) is 13.2 Å². The van der Waals surface area contributed by atoms with Crippen LogP contribution in [0.3, 0.4) is 0 Å². The van der Waals surface area contributed by atoms with E-state index >= 15 is 0 Å². The lowest BCUT2D eigenvalue weighted by molar-refractivity contribution is -0.173. The summed E-state index contributed by atoms with van der Waals surface area (Å²) in [5.74, 6) is -3.29. The lowest BCUT2D eigenvalue weighted by Crippen LogP contribution is -2.54. The van der Waals surface area contributed by atoms with E-state index in [0.717, 1.165) is 5.56 Å². The summed E-state index contributed by atoms with van der Waals surface area (Å²) in [5.41, 5.74) is 0.777. The number of hydrogen-bond donors (Lipinski definition) is 5. The van der Waals surface area contributed by atoms with Gasteiger partial charge in [0.2, 0.25) is 11.8 Å². The first-order valence-electron chi connectivity index (χ1n) is 9.45. The quantitative estimate of drug-likeness (QED) is 0.322. The summed E-state index contributed by atoms with van der Waals surface area (Å²) in [6, 6.07) is 6.69. The largest absolute Gasteiger partial charge is 0.471 e. The van der Waals surface area contributed by atoms with E-state index in [0.29, 0.717) is 0 Å². The maximum absolute atomic E-state index is 12.6. The Bertz CT molecular complexity index is 759. The molecule has 0 bridgehead atoms. The zero-order valence-electron chi connectivity index (χ0n) is 16.8. The molecule has 0 saturated heterocycles. The van der Waals surface area contributed by atoms with Crippen molar-refractivity contribution in [1.29, 1.82) is 0 Å². The fraction of sp³-hybridized carbons (Fsp3) is 0.474. The summed E-state index contributed by atoms with van der Waals surface area (Å²) < 4.78 is 36.4. The molecule has 1 aromatic carbocycles. The summed E-state index contributed by atoms with van der Waals surface area (Å²) in [6.07, 6.45) is -6.07. The molecule has 0 saturated carbocycles. The number of unbranched alkanes of at least 4 members (excludes halogenated alkanes) is 1. The third kappa shape index (κ3) is 9.83. The SMILES string of the molecule is CNC(=O)C(Cc1ccccc1)NC(=O)C(CCCCNC(=O)C(F)(F)F)NC(=O)O. The Hall–Kier alpha value is -3.31. The molecule has 0 aliphatic heterocycles. The summed E-state index contributed by atoms with van der Waals surface area (Å²) >= 11 is 0. The highest BCUT2D eigenvalue weighted by molar-refractivity contribution is 5.91. The van der Waals surface area contributed by atoms with Crippen LogP contribution in [0.25, 0.3) is 0 Å². The van der Waals surface area contributed by atoms with Crippen molar-refractivity contribution in [3.63, 3.8) is 0 Å². The van der Waals surface area contributed by atoms with Gasteiger partial charge in [-0.25, -0.2) is 4.79 Å². The smallest absolute Gasteiger partial charge is 0.465 e. The number of carboxylic acid groups (broad SMARTS) is 1. The first kappa shape index (κ1) is 25.7. The Labute approximate surface area is 176 Å². The zero-order valence-corrected chi connectivity index (χ0v) is 16.8. The van der Waals surface area contributed by atoms with Crippen LogP contribution in [0.15, 0.2) is 30.3 Å². The molecule has 0 aliphatic rings. The molecule has 0 radical (unpaired) electrons. The highest BCUT2D eigenvalue weighted by atomic mass is 19.4. The number of likely N-dealkylation sites (N-methyl/N-ethyl adjacent to an activating group) is 1. The van der Waals surface area contributed by atoms with Gasteiger partial charge in [-0.15, -0.1) is 0 Å². The van der Waals surface area contributed by atoms with Gasteiger partial charge in [0.25, 0.3) is 0 Å². The van der Waals surface area contributed by atoms with Crippen molar-refractivity contribution in [3.8, 4) is 0 Å². The number of alkyl halides is 3. The van der Waals surface area contributed by atoms with Crippen LogP contribution in [0.4, 0.5) is 18.0 Å². The molecule has 5 N–H and O–H groups in total. The van der Waals surface area contributed by atoms with Crippen molar-refractivity contribution >= 4 is 23.8 Å². The Kier molecular flexibility index (Phi) is 10.3. The van der Waals surface area contributed by atoms with Crippen molar-refractivity contribution in [2.24, 2.45) is 0 Å². The van der Waals surface area contributed by atoms with E-state index < -0.39 is 42.1 Å². The van der Waals surface area contributed by atoms with E-state index in [1.807, 2.05) is 5.32 Å². The van der Waals surface area contributed by atoms with Crippen LogP contribution in [-0.2, 0) is 20.8 Å². The van der Waals surface area contributed by atoms with E-state index in [9.17, 15) is 32.3 Å². The van der Waals surface area contributed by atoms with Gasteiger partial charge < -0.3 is 26.4 Å². The lowest BCUT2D eigenvalue weighted by atomic mass is 10.0. The molecular weight excluding hydrogens is 421 g/mol. The summed E-state index contributed by atoms with van der Waals surface area (Å²) in [5, 5.41) is 17.6. The minimum Gasteiger partial charge on any atom is -0.465 e. The van der Waals surface area contributed by atoms with Crippen LogP contribution in [0.1, 0.15) is 24.8 Å². The number of amides is 4. The predicted molar refractivity (Wildman–Crippen MR) is 104 cm³/mol. The molecular formula is C19H25F3N4O5. The van der Waals surface area contributed by atoms with Crippen LogP contribution in [0.5, 0.6) is 0 Å². The second-order valence-corrected chi connectivity index (χ2v) is 6.62. The Balaban J connectivity index is 2.66. The van der Waals surface area contributed by atoms with Gasteiger partial charge in [0, 0.05) is 20.0 Å². The van der Waals surface area contributed by atoms with Gasteiger partial charge in [-0.1, -0.05) is 30.3 Å². The number of halogens is 3. The van der Waals surface area contributed by atoms with Gasteiger partial charge in [0.1, 0.15) is 12.1 Å². The van der Waals surface area contributed by atoms with E-state index in [1.54, 1.807) is 35.6 Å². The van der Waals surface area contributed by atoms with E-state index in [-0.39, 0.29) is 32.2 Å². The molecule has 2 unspecified atom stereocenters. The molecule has 4 amide bonds. The number of hydrogen-bond acceptors (Lipinski definition) is 4. The topological polar surface area (TPSA) is 137 Å². The number of carbonyl (C=O) groups excluding carboxylic acids is 3. The second-order valence-electron chi connectivity index (χ2n) is 6.62. The predicted octanol–water partition coefficient (Wildman–Crippen LogP) is 0.945. The molecule has 0 fully saturated rings. The van der Waals surface area contributed by atoms with Gasteiger partial charge in [0.15, 0.2) is 0 Å². The van der Waals surface area contributed by atoms with E-state index in [2.05, 4.69) is 10.6 Å². The van der Waals surface area contributed by atoms with Crippen molar-refractivity contribution in [2.75, 3.05) is 13.6 Å². The molecule has 0 heterocycles. The number of rotatable bonds is 11. The highest BCUT2D eigenvalue weighted by Gasteiger charge is 2.38. The third-order valence-corrected chi connectivity index (χ3v) is 4.24. The molecule has 0 aromatic heterocycles. The molecule has 172 valence electrons. The standard InChI is InChI=1S/C19H25F3N4O5/c1-23-15(27)14(11-12-7-3-2-4-8-12)25-16(28)13(26-18(30)31)9-5-6-10-24-17(29)19(20,21)22/h2-4,7-8,13-14,26H,5-6,9-11H2,1H3,(H,23,27)(H,24,29)(H,25,28)(H,30,31). The van der Waals surface area contributed by atoms with Gasteiger partial charge >= 0.3 is 18.2 Å². The average Bonchev–Trinajstić information content (AvgIpc) is 2.71. The monoisotopic (exact) mass is 446 g/mol. The van der Waals surface area contributed by atoms with Gasteiger partial charge in [0.05, 0.1) is 0 Å². The van der Waals surface area contributed by atoms with E-state index in [1.165, 1.54) is 7.05 Å². The summed E-state index contributed by atoms with van der Waals surface area (Å²) in [4.78, 5) is 46.5. The fourth-order valence-electron chi connectivity index (χ4n) is 2.70. The second kappa shape index (κ2) is 12.4. The molecule has 31 heavy (non-hydrogen) atoms. The maximum Gasteiger partial charge on any atom is 0.471 e. The normalized spacial score (nSPS) is 12.9. The van der Waals surface area contributed by atoms with Gasteiger partial charge in [-0.05, 0) is 24.8 Å². The van der Waals surface area contributed by atoms with Crippen LogP contribution in [0.2, 0.25) is 0 Å². The van der Waals surface area contributed by atoms with Crippen molar-refractivity contribution in [2.45, 2.75) is 43.9 Å². The van der Waals surface area contributed by atoms with Crippen molar-refractivity contribution in [3.05, 3.63) is 35.9 Å².